The standard InChI is InChI=1S/C14H18F3N/c1-9(11-4-2-3-5-11)18-8-10-6-12(15)14(17)13(16)7-10/h6-7,9,11,18H,2-5,8H2,1H3/t9-/m0/s1. The van der Waals surface area contributed by atoms with Crippen LogP contribution < -0.4 is 5.32 Å². The molecule has 4 heteroatoms. The van der Waals surface area contributed by atoms with Gasteiger partial charge < -0.3 is 5.32 Å². The molecule has 0 aromatic heterocycles. The summed E-state index contributed by atoms with van der Waals surface area (Å²) in [6.45, 7) is 2.46. The Hall–Kier alpha value is -1.03. The topological polar surface area (TPSA) is 12.0 Å². The zero-order valence-corrected chi connectivity index (χ0v) is 10.5. The van der Waals surface area contributed by atoms with Gasteiger partial charge in [0.25, 0.3) is 0 Å². The van der Waals surface area contributed by atoms with Gasteiger partial charge in [-0.1, -0.05) is 12.8 Å². The van der Waals surface area contributed by atoms with Crippen molar-refractivity contribution in [1.29, 1.82) is 0 Å². The summed E-state index contributed by atoms with van der Waals surface area (Å²) >= 11 is 0. The van der Waals surface area contributed by atoms with Gasteiger partial charge in [-0.15, -0.1) is 0 Å². The van der Waals surface area contributed by atoms with Crippen molar-refractivity contribution in [2.75, 3.05) is 0 Å². The second-order valence-corrected chi connectivity index (χ2v) is 5.09. The molecule has 100 valence electrons. The second kappa shape index (κ2) is 5.74. The van der Waals surface area contributed by atoms with Crippen LogP contribution in [-0.4, -0.2) is 6.04 Å². The number of nitrogens with one attached hydrogen (secondary N) is 1. The van der Waals surface area contributed by atoms with Crippen LogP contribution in [0.3, 0.4) is 0 Å². The molecule has 0 aliphatic heterocycles. The number of halogens is 3. The number of hydrogen-bond acceptors (Lipinski definition) is 1. The van der Waals surface area contributed by atoms with Crippen molar-refractivity contribution in [3.63, 3.8) is 0 Å². The summed E-state index contributed by atoms with van der Waals surface area (Å²) in [6.07, 6.45) is 4.94. The van der Waals surface area contributed by atoms with Gasteiger partial charge in [0, 0.05) is 12.6 Å². The molecule has 0 spiro atoms. The third-order valence-electron chi connectivity index (χ3n) is 3.78. The molecule has 2 rings (SSSR count). The van der Waals surface area contributed by atoms with E-state index in [0.717, 1.165) is 12.1 Å². The minimum atomic E-state index is -1.40. The zero-order valence-electron chi connectivity index (χ0n) is 10.5. The van der Waals surface area contributed by atoms with Crippen molar-refractivity contribution in [2.24, 2.45) is 5.92 Å². The number of hydrogen-bond donors (Lipinski definition) is 1. The van der Waals surface area contributed by atoms with Crippen molar-refractivity contribution in [3.8, 4) is 0 Å². The summed E-state index contributed by atoms with van der Waals surface area (Å²) in [6, 6.07) is 2.42. The minimum absolute atomic E-state index is 0.323. The average Bonchev–Trinajstić information content (AvgIpc) is 2.86. The highest BCUT2D eigenvalue weighted by Crippen LogP contribution is 2.27. The van der Waals surface area contributed by atoms with Gasteiger partial charge in [-0.25, -0.2) is 13.2 Å². The maximum absolute atomic E-state index is 13.0. The summed E-state index contributed by atoms with van der Waals surface area (Å²) in [5.74, 6) is -3.01. The van der Waals surface area contributed by atoms with Gasteiger partial charge in [-0.05, 0) is 43.4 Å². The lowest BCUT2D eigenvalue weighted by Gasteiger charge is -2.20. The van der Waals surface area contributed by atoms with Crippen molar-refractivity contribution >= 4 is 0 Å². The molecule has 0 unspecified atom stereocenters. The summed E-state index contributed by atoms with van der Waals surface area (Å²) in [4.78, 5) is 0. The fourth-order valence-corrected chi connectivity index (χ4v) is 2.61. The van der Waals surface area contributed by atoms with Crippen molar-refractivity contribution < 1.29 is 13.2 Å². The van der Waals surface area contributed by atoms with E-state index in [-0.39, 0.29) is 0 Å². The highest BCUT2D eigenvalue weighted by molar-refractivity contribution is 5.19. The molecule has 18 heavy (non-hydrogen) atoms. The Balaban J connectivity index is 1.93. The van der Waals surface area contributed by atoms with Crippen molar-refractivity contribution in [3.05, 3.63) is 35.1 Å². The fraction of sp³-hybridized carbons (Fsp3) is 0.571. The molecule has 1 fully saturated rings. The Morgan fingerprint density at radius 1 is 1.17 bits per heavy atom. The van der Waals surface area contributed by atoms with E-state index in [2.05, 4.69) is 12.2 Å². The van der Waals surface area contributed by atoms with Crippen LogP contribution in [-0.2, 0) is 6.54 Å². The van der Waals surface area contributed by atoms with E-state index >= 15 is 0 Å². The van der Waals surface area contributed by atoms with E-state index < -0.39 is 17.5 Å². The van der Waals surface area contributed by atoms with Crippen LogP contribution in [0.5, 0.6) is 0 Å². The first-order valence-corrected chi connectivity index (χ1v) is 6.44. The van der Waals surface area contributed by atoms with E-state index in [1.807, 2.05) is 0 Å². The molecule has 1 aromatic carbocycles. The lowest BCUT2D eigenvalue weighted by molar-refractivity contribution is 0.378. The maximum atomic E-state index is 13.0. The second-order valence-electron chi connectivity index (χ2n) is 5.09. The quantitative estimate of drug-likeness (QED) is 0.810. The average molecular weight is 257 g/mol. The summed E-state index contributed by atoms with van der Waals surface area (Å²) < 4.78 is 38.8. The van der Waals surface area contributed by atoms with E-state index in [9.17, 15) is 13.2 Å². The molecule has 0 heterocycles. The Morgan fingerprint density at radius 3 is 2.28 bits per heavy atom. The van der Waals surface area contributed by atoms with E-state index in [1.54, 1.807) is 0 Å². The lowest BCUT2D eigenvalue weighted by Crippen LogP contribution is -2.31. The van der Waals surface area contributed by atoms with E-state index in [0.29, 0.717) is 24.1 Å². The van der Waals surface area contributed by atoms with Crippen LogP contribution >= 0.6 is 0 Å². The Bertz CT molecular complexity index is 390. The molecule has 1 atom stereocenters. The predicted octanol–water partition coefficient (Wildman–Crippen LogP) is 3.77. The molecule has 1 nitrogen and oxygen atoms in total. The molecule has 1 N–H and O–H groups in total. The SMILES string of the molecule is C[C@H](NCc1cc(F)c(F)c(F)c1)C1CCCC1. The Labute approximate surface area is 105 Å². The summed E-state index contributed by atoms with van der Waals surface area (Å²) in [5, 5.41) is 3.26. The van der Waals surface area contributed by atoms with Crippen LogP contribution in [0.2, 0.25) is 0 Å². The molecule has 0 bridgehead atoms. The summed E-state index contributed by atoms with van der Waals surface area (Å²) in [5.41, 5.74) is 0.441. The molecular weight excluding hydrogens is 239 g/mol. The maximum Gasteiger partial charge on any atom is 0.194 e. The lowest BCUT2D eigenvalue weighted by atomic mass is 9.99. The number of rotatable bonds is 4. The van der Waals surface area contributed by atoms with Gasteiger partial charge >= 0.3 is 0 Å². The van der Waals surface area contributed by atoms with Crippen LogP contribution in [0.1, 0.15) is 38.2 Å². The van der Waals surface area contributed by atoms with Gasteiger partial charge in [-0.2, -0.15) is 0 Å². The van der Waals surface area contributed by atoms with Gasteiger partial charge in [-0.3, -0.25) is 0 Å². The molecule has 0 amide bonds. The Kier molecular flexibility index (Phi) is 4.27. The van der Waals surface area contributed by atoms with Crippen LogP contribution in [0.15, 0.2) is 12.1 Å². The largest absolute Gasteiger partial charge is 0.310 e. The first-order chi connectivity index (χ1) is 8.58. The van der Waals surface area contributed by atoms with Gasteiger partial charge in [0.05, 0.1) is 0 Å². The van der Waals surface area contributed by atoms with Gasteiger partial charge in [0.15, 0.2) is 17.5 Å². The zero-order chi connectivity index (χ0) is 13.1. The molecular formula is C14H18F3N. The van der Waals surface area contributed by atoms with E-state index in [4.69, 9.17) is 0 Å². The van der Waals surface area contributed by atoms with Crippen LogP contribution in [0.25, 0.3) is 0 Å². The molecule has 1 aliphatic rings. The highest BCUT2D eigenvalue weighted by atomic mass is 19.2. The molecule has 0 radical (unpaired) electrons. The highest BCUT2D eigenvalue weighted by Gasteiger charge is 2.21. The first kappa shape index (κ1) is 13.4. The third-order valence-corrected chi connectivity index (χ3v) is 3.78. The van der Waals surface area contributed by atoms with Crippen molar-refractivity contribution in [2.45, 2.75) is 45.2 Å². The molecule has 0 saturated heterocycles. The van der Waals surface area contributed by atoms with Crippen LogP contribution in [0.4, 0.5) is 13.2 Å². The third kappa shape index (κ3) is 3.05. The monoisotopic (exact) mass is 257 g/mol. The Morgan fingerprint density at radius 2 is 1.72 bits per heavy atom. The number of benzene rings is 1. The fourth-order valence-electron chi connectivity index (χ4n) is 2.61. The predicted molar refractivity (Wildman–Crippen MR) is 64.6 cm³/mol. The van der Waals surface area contributed by atoms with Crippen molar-refractivity contribution in [1.82, 2.24) is 5.32 Å². The summed E-state index contributed by atoms with van der Waals surface area (Å²) in [7, 11) is 0. The molecule has 1 saturated carbocycles. The minimum Gasteiger partial charge on any atom is -0.310 e. The molecule has 1 aromatic rings. The molecule has 1 aliphatic carbocycles. The first-order valence-electron chi connectivity index (χ1n) is 6.44. The van der Waals surface area contributed by atoms with Crippen LogP contribution in [0, 0.1) is 23.4 Å². The van der Waals surface area contributed by atoms with Gasteiger partial charge in [0.1, 0.15) is 0 Å². The normalized spacial score (nSPS) is 18.2. The van der Waals surface area contributed by atoms with Gasteiger partial charge in [0.2, 0.25) is 0 Å². The smallest absolute Gasteiger partial charge is 0.194 e. The van der Waals surface area contributed by atoms with E-state index in [1.165, 1.54) is 25.7 Å².